The van der Waals surface area contributed by atoms with Gasteiger partial charge >= 0.3 is 0 Å². The van der Waals surface area contributed by atoms with Crippen molar-refractivity contribution in [2.75, 3.05) is 30.4 Å². The van der Waals surface area contributed by atoms with Crippen molar-refractivity contribution >= 4 is 17.4 Å². The van der Waals surface area contributed by atoms with Crippen LogP contribution in [0, 0.1) is 5.82 Å². The summed E-state index contributed by atoms with van der Waals surface area (Å²) in [6.07, 6.45) is 1.61. The molecule has 1 heterocycles. The summed E-state index contributed by atoms with van der Waals surface area (Å²) >= 11 is 0. The summed E-state index contributed by atoms with van der Waals surface area (Å²) in [6.45, 7) is 5.90. The Morgan fingerprint density at radius 3 is 2.62 bits per heavy atom. The number of hydrogen-bond donors (Lipinski definition) is 2. The van der Waals surface area contributed by atoms with Gasteiger partial charge in [0, 0.05) is 32.9 Å². The number of halogens is 1. The van der Waals surface area contributed by atoms with Gasteiger partial charge < -0.3 is 15.5 Å². The van der Waals surface area contributed by atoms with Crippen molar-refractivity contribution in [3.05, 3.63) is 53.5 Å². The van der Waals surface area contributed by atoms with Gasteiger partial charge in [-0.2, -0.15) is 0 Å². The predicted molar refractivity (Wildman–Crippen MR) is 94.9 cm³/mol. The number of nitrogens with one attached hydrogen (secondary N) is 2. The van der Waals surface area contributed by atoms with E-state index in [9.17, 15) is 9.18 Å². The Bertz CT molecular complexity index is 701. The first kappa shape index (κ1) is 17.7. The fraction of sp³-hybridized carbons (Fsp3) is 0.333. The summed E-state index contributed by atoms with van der Waals surface area (Å²) in [5.74, 6) is 0.0179. The third-order valence-corrected chi connectivity index (χ3v) is 3.86. The van der Waals surface area contributed by atoms with Crippen molar-refractivity contribution in [1.29, 1.82) is 0 Å². The zero-order valence-electron chi connectivity index (χ0n) is 14.3. The number of pyridine rings is 1. The topological polar surface area (TPSA) is 57.3 Å². The van der Waals surface area contributed by atoms with E-state index in [1.54, 1.807) is 31.4 Å². The third-order valence-electron chi connectivity index (χ3n) is 3.86. The van der Waals surface area contributed by atoms with Crippen molar-refractivity contribution < 1.29 is 9.18 Å². The summed E-state index contributed by atoms with van der Waals surface area (Å²) in [5, 5.41) is 5.67. The number of carbonyl (C=O) groups is 1. The molecule has 0 saturated heterocycles. The van der Waals surface area contributed by atoms with E-state index in [1.807, 2.05) is 24.8 Å². The summed E-state index contributed by atoms with van der Waals surface area (Å²) in [4.78, 5) is 18.0. The maximum Gasteiger partial charge on any atom is 0.254 e. The van der Waals surface area contributed by atoms with Gasteiger partial charge in [0.1, 0.15) is 11.6 Å². The van der Waals surface area contributed by atoms with E-state index >= 15 is 0 Å². The molecule has 0 radical (unpaired) electrons. The second kappa shape index (κ2) is 8.29. The standard InChI is InChI=1S/C18H23FN4O/c1-4-23(5-2)16-9-8-13(11-15(16)19)12-22-17-14(18(24)20-3)7-6-10-21-17/h6-11H,4-5,12H2,1-3H3,(H,20,24)(H,21,22). The lowest BCUT2D eigenvalue weighted by atomic mass is 10.1. The van der Waals surface area contributed by atoms with Crippen molar-refractivity contribution in [2.24, 2.45) is 0 Å². The van der Waals surface area contributed by atoms with Crippen molar-refractivity contribution in [1.82, 2.24) is 10.3 Å². The SMILES string of the molecule is CCN(CC)c1ccc(CNc2ncccc2C(=O)NC)cc1F. The van der Waals surface area contributed by atoms with Crippen LogP contribution in [0.3, 0.4) is 0 Å². The van der Waals surface area contributed by atoms with Gasteiger partial charge in [-0.3, -0.25) is 4.79 Å². The van der Waals surface area contributed by atoms with Crippen LogP contribution in [-0.2, 0) is 6.54 Å². The Kier molecular flexibility index (Phi) is 6.12. The molecular weight excluding hydrogens is 307 g/mol. The van der Waals surface area contributed by atoms with Crippen LogP contribution < -0.4 is 15.5 Å². The number of hydrogen-bond acceptors (Lipinski definition) is 4. The van der Waals surface area contributed by atoms with Crippen LogP contribution in [0.15, 0.2) is 36.5 Å². The van der Waals surface area contributed by atoms with Gasteiger partial charge in [-0.15, -0.1) is 0 Å². The van der Waals surface area contributed by atoms with Gasteiger partial charge in [-0.1, -0.05) is 6.07 Å². The maximum atomic E-state index is 14.3. The normalized spacial score (nSPS) is 10.3. The molecule has 0 fully saturated rings. The van der Waals surface area contributed by atoms with E-state index in [-0.39, 0.29) is 11.7 Å². The molecule has 6 heteroatoms. The quantitative estimate of drug-likeness (QED) is 0.819. The first-order chi connectivity index (χ1) is 11.6. The van der Waals surface area contributed by atoms with E-state index in [4.69, 9.17) is 0 Å². The second-order valence-electron chi connectivity index (χ2n) is 5.29. The van der Waals surface area contributed by atoms with Crippen molar-refractivity contribution in [3.63, 3.8) is 0 Å². The number of amides is 1. The molecule has 1 aromatic heterocycles. The van der Waals surface area contributed by atoms with Gasteiger partial charge in [0.15, 0.2) is 0 Å². The molecule has 2 aromatic rings. The lowest BCUT2D eigenvalue weighted by Crippen LogP contribution is -2.23. The first-order valence-electron chi connectivity index (χ1n) is 8.05. The molecule has 0 bridgehead atoms. The molecular formula is C18H23FN4O. The lowest BCUT2D eigenvalue weighted by molar-refractivity contribution is 0.0963. The molecule has 0 saturated carbocycles. The highest BCUT2D eigenvalue weighted by molar-refractivity contribution is 5.98. The van der Waals surface area contributed by atoms with E-state index in [0.717, 1.165) is 18.7 Å². The fourth-order valence-electron chi connectivity index (χ4n) is 2.53. The minimum Gasteiger partial charge on any atom is -0.370 e. The van der Waals surface area contributed by atoms with Crippen LogP contribution >= 0.6 is 0 Å². The molecule has 0 spiro atoms. The van der Waals surface area contributed by atoms with Gasteiger partial charge in [0.25, 0.3) is 5.91 Å². The van der Waals surface area contributed by atoms with E-state index < -0.39 is 0 Å². The minimum absolute atomic E-state index is 0.214. The Morgan fingerprint density at radius 2 is 2.00 bits per heavy atom. The Morgan fingerprint density at radius 1 is 1.25 bits per heavy atom. The average Bonchev–Trinajstić information content (AvgIpc) is 2.62. The number of rotatable bonds is 7. The molecule has 2 N–H and O–H groups in total. The van der Waals surface area contributed by atoms with Crippen LogP contribution in [0.1, 0.15) is 29.8 Å². The molecule has 1 aromatic carbocycles. The zero-order valence-corrected chi connectivity index (χ0v) is 14.3. The molecule has 0 unspecified atom stereocenters. The Labute approximate surface area is 141 Å². The maximum absolute atomic E-state index is 14.3. The summed E-state index contributed by atoms with van der Waals surface area (Å²) < 4.78 is 14.3. The Hall–Kier alpha value is -2.63. The third kappa shape index (κ3) is 4.01. The number of benzene rings is 1. The van der Waals surface area contributed by atoms with Crippen LogP contribution in [0.2, 0.25) is 0 Å². The van der Waals surface area contributed by atoms with Crippen LogP contribution in [-0.4, -0.2) is 31.0 Å². The van der Waals surface area contributed by atoms with E-state index in [2.05, 4.69) is 15.6 Å². The lowest BCUT2D eigenvalue weighted by Gasteiger charge is -2.22. The fourth-order valence-corrected chi connectivity index (χ4v) is 2.53. The highest BCUT2D eigenvalue weighted by Gasteiger charge is 2.12. The predicted octanol–water partition coefficient (Wildman–Crippen LogP) is 3.04. The average molecular weight is 330 g/mol. The largest absolute Gasteiger partial charge is 0.370 e. The summed E-state index contributed by atoms with van der Waals surface area (Å²) in [7, 11) is 1.57. The number of anilines is 2. The molecule has 0 aliphatic carbocycles. The van der Waals surface area contributed by atoms with Gasteiger partial charge in [-0.25, -0.2) is 9.37 Å². The van der Waals surface area contributed by atoms with Crippen LogP contribution in [0.5, 0.6) is 0 Å². The highest BCUT2D eigenvalue weighted by Crippen LogP contribution is 2.21. The summed E-state index contributed by atoms with van der Waals surface area (Å²) in [5.41, 5.74) is 1.85. The van der Waals surface area contributed by atoms with Gasteiger partial charge in [0.2, 0.25) is 0 Å². The van der Waals surface area contributed by atoms with Gasteiger partial charge in [0.05, 0.1) is 11.3 Å². The first-order valence-corrected chi connectivity index (χ1v) is 8.05. The molecule has 128 valence electrons. The number of aromatic nitrogens is 1. The van der Waals surface area contributed by atoms with Gasteiger partial charge in [-0.05, 0) is 43.7 Å². The zero-order chi connectivity index (χ0) is 17.5. The molecule has 1 amide bonds. The second-order valence-corrected chi connectivity index (χ2v) is 5.29. The summed E-state index contributed by atoms with van der Waals surface area (Å²) in [6, 6.07) is 8.58. The number of carbonyl (C=O) groups excluding carboxylic acids is 1. The smallest absolute Gasteiger partial charge is 0.254 e. The van der Waals surface area contributed by atoms with Crippen molar-refractivity contribution in [3.8, 4) is 0 Å². The molecule has 2 rings (SSSR count). The molecule has 0 aliphatic rings. The molecule has 5 nitrogen and oxygen atoms in total. The minimum atomic E-state index is -0.245. The van der Waals surface area contributed by atoms with E-state index in [1.165, 1.54) is 6.07 Å². The van der Waals surface area contributed by atoms with Crippen molar-refractivity contribution in [2.45, 2.75) is 20.4 Å². The number of nitrogens with zero attached hydrogens (tertiary/aromatic N) is 2. The molecule has 0 aliphatic heterocycles. The van der Waals surface area contributed by atoms with Crippen LogP contribution in [0.4, 0.5) is 15.9 Å². The highest BCUT2D eigenvalue weighted by atomic mass is 19.1. The Balaban J connectivity index is 2.13. The molecule has 24 heavy (non-hydrogen) atoms. The van der Waals surface area contributed by atoms with E-state index in [0.29, 0.717) is 23.6 Å². The van der Waals surface area contributed by atoms with Crippen LogP contribution in [0.25, 0.3) is 0 Å². The molecule has 0 atom stereocenters. The monoisotopic (exact) mass is 330 g/mol.